The topological polar surface area (TPSA) is 0 Å². The minimum Gasteiger partial charge on any atom is -0.253 e. The molecule has 0 spiro atoms. The Morgan fingerprint density at radius 3 is 1.38 bits per heavy atom. The van der Waals surface area contributed by atoms with Crippen molar-refractivity contribution in [3.8, 4) is 0 Å². The summed E-state index contributed by atoms with van der Waals surface area (Å²) in [5.41, 5.74) is 2.69. The van der Waals surface area contributed by atoms with E-state index < -0.39 is 0 Å². The van der Waals surface area contributed by atoms with Crippen molar-refractivity contribution in [2.75, 3.05) is 0 Å². The first kappa shape index (κ1) is 12.5. The molecule has 0 saturated carbocycles. The molecule has 0 aliphatic heterocycles. The third kappa shape index (κ3) is 5.66. The van der Waals surface area contributed by atoms with Gasteiger partial charge in [-0.05, 0) is 0 Å². The summed E-state index contributed by atoms with van der Waals surface area (Å²) >= 11 is 0. The zero-order chi connectivity index (χ0) is 8.81. The Hall–Kier alpha value is -0.546. The van der Waals surface area contributed by atoms with Crippen molar-refractivity contribution < 1.29 is 16.5 Å². The van der Waals surface area contributed by atoms with Crippen LogP contribution >= 0.6 is 0 Å². The maximum atomic E-state index is 3.06. The van der Waals surface area contributed by atoms with E-state index >= 15 is 0 Å². The van der Waals surface area contributed by atoms with Crippen LogP contribution in [-0.2, 0) is 16.5 Å². The van der Waals surface area contributed by atoms with Gasteiger partial charge >= 0.3 is 16.5 Å². The third-order valence-electron chi connectivity index (χ3n) is 1.74. The normalized spacial score (nSPS) is 17.1. The van der Waals surface area contributed by atoms with Gasteiger partial charge in [0, 0.05) is 0 Å². The molecule has 0 bridgehead atoms. The molecule has 0 saturated heterocycles. The minimum atomic E-state index is 0. The second-order valence-electron chi connectivity index (χ2n) is 3.06. The molecule has 0 aromatic heterocycles. The number of rotatable bonds is 0. The van der Waals surface area contributed by atoms with Crippen LogP contribution in [0, 0.1) is 12.2 Å². The molecule has 13 heavy (non-hydrogen) atoms. The second-order valence-corrected chi connectivity index (χ2v) is 3.06. The molecule has 72 valence electrons. The summed E-state index contributed by atoms with van der Waals surface area (Å²) in [6, 6.07) is 0. The van der Waals surface area contributed by atoms with E-state index in [1.54, 1.807) is 0 Å². The minimum absolute atomic E-state index is 0. The van der Waals surface area contributed by atoms with E-state index in [-0.39, 0.29) is 16.5 Å². The molecule has 0 radical (unpaired) electrons. The maximum absolute atomic E-state index is 3.06. The van der Waals surface area contributed by atoms with Crippen molar-refractivity contribution in [1.29, 1.82) is 0 Å². The predicted octanol–water partition coefficient (Wildman–Crippen LogP) is 3.39. The molecule has 0 unspecified atom stereocenters. The SMILES string of the molecule is CC1=[C-]C=CC1.CC1=[C-]C=CC1.[Ni+2]. The summed E-state index contributed by atoms with van der Waals surface area (Å²) in [6.07, 6.45) is 16.5. The molecule has 0 atom stereocenters. The number of hydrogen-bond acceptors (Lipinski definition) is 0. The summed E-state index contributed by atoms with van der Waals surface area (Å²) in [5, 5.41) is 0. The fourth-order valence-corrected chi connectivity index (χ4v) is 0.992. The van der Waals surface area contributed by atoms with Gasteiger partial charge in [0.05, 0.1) is 0 Å². The van der Waals surface area contributed by atoms with Crippen LogP contribution in [0.1, 0.15) is 26.7 Å². The van der Waals surface area contributed by atoms with Gasteiger partial charge < -0.3 is 0 Å². The van der Waals surface area contributed by atoms with Crippen molar-refractivity contribution in [3.05, 3.63) is 47.6 Å². The van der Waals surface area contributed by atoms with Crippen molar-refractivity contribution in [1.82, 2.24) is 0 Å². The third-order valence-corrected chi connectivity index (χ3v) is 1.74. The van der Waals surface area contributed by atoms with Gasteiger partial charge in [-0.2, -0.15) is 11.1 Å². The Balaban J connectivity index is 0.000000206. The second kappa shape index (κ2) is 6.91. The van der Waals surface area contributed by atoms with Crippen molar-refractivity contribution in [2.45, 2.75) is 26.7 Å². The average molecular weight is 217 g/mol. The van der Waals surface area contributed by atoms with Crippen LogP contribution < -0.4 is 0 Å². The molecule has 2 aliphatic carbocycles. The Labute approximate surface area is 91.0 Å². The van der Waals surface area contributed by atoms with Gasteiger partial charge in [0.25, 0.3) is 0 Å². The summed E-state index contributed by atoms with van der Waals surface area (Å²) in [4.78, 5) is 0. The molecule has 0 aromatic carbocycles. The van der Waals surface area contributed by atoms with Crippen molar-refractivity contribution >= 4 is 0 Å². The van der Waals surface area contributed by atoms with Crippen LogP contribution in [0.4, 0.5) is 0 Å². The standard InChI is InChI=1S/2C6H7.Ni/c2*1-6-4-2-3-5-6;/h2*2-3H,4H2,1H3;/q2*-1;+2. The molecule has 0 N–H and O–H groups in total. The smallest absolute Gasteiger partial charge is 0.253 e. The molecule has 2 aliphatic rings. The molecule has 0 aromatic rings. The van der Waals surface area contributed by atoms with Crippen LogP contribution in [0.5, 0.6) is 0 Å². The summed E-state index contributed by atoms with van der Waals surface area (Å²) in [7, 11) is 0. The van der Waals surface area contributed by atoms with Gasteiger partial charge in [0.1, 0.15) is 0 Å². The van der Waals surface area contributed by atoms with Crippen LogP contribution in [-0.4, -0.2) is 0 Å². The fourth-order valence-electron chi connectivity index (χ4n) is 0.992. The van der Waals surface area contributed by atoms with E-state index in [4.69, 9.17) is 0 Å². The predicted molar refractivity (Wildman–Crippen MR) is 52.4 cm³/mol. The average Bonchev–Trinajstić information content (AvgIpc) is 2.63. The zero-order valence-electron chi connectivity index (χ0n) is 8.04. The molecule has 0 heterocycles. The Bertz CT molecular complexity index is 226. The monoisotopic (exact) mass is 216 g/mol. The molecular weight excluding hydrogens is 203 g/mol. The van der Waals surface area contributed by atoms with E-state index in [9.17, 15) is 0 Å². The van der Waals surface area contributed by atoms with Gasteiger partial charge in [0.15, 0.2) is 0 Å². The Morgan fingerprint density at radius 2 is 1.31 bits per heavy atom. The van der Waals surface area contributed by atoms with Gasteiger partial charge in [-0.3, -0.25) is 12.2 Å². The molecular formula is C12H14Ni. The van der Waals surface area contributed by atoms with E-state index in [0.717, 1.165) is 12.8 Å². The van der Waals surface area contributed by atoms with E-state index in [2.05, 4.69) is 38.2 Å². The first-order valence-corrected chi connectivity index (χ1v) is 4.27. The van der Waals surface area contributed by atoms with Crippen molar-refractivity contribution in [3.63, 3.8) is 0 Å². The van der Waals surface area contributed by atoms with E-state index in [1.807, 2.05) is 12.2 Å². The van der Waals surface area contributed by atoms with Gasteiger partial charge in [-0.15, -0.1) is 0 Å². The summed E-state index contributed by atoms with van der Waals surface area (Å²) < 4.78 is 0. The summed E-state index contributed by atoms with van der Waals surface area (Å²) in [6.45, 7) is 4.17. The van der Waals surface area contributed by atoms with Crippen molar-refractivity contribution in [2.24, 2.45) is 0 Å². The van der Waals surface area contributed by atoms with Crippen LogP contribution in [0.15, 0.2) is 35.5 Å². The first-order valence-electron chi connectivity index (χ1n) is 4.27. The fraction of sp³-hybridized carbons (Fsp3) is 0.333. The Kier molecular flexibility index (Phi) is 6.62. The zero-order valence-corrected chi connectivity index (χ0v) is 9.03. The molecule has 0 nitrogen and oxygen atoms in total. The quantitative estimate of drug-likeness (QED) is 0.430. The Morgan fingerprint density at radius 1 is 0.923 bits per heavy atom. The largest absolute Gasteiger partial charge is 2.00 e. The van der Waals surface area contributed by atoms with Crippen LogP contribution in [0.25, 0.3) is 0 Å². The van der Waals surface area contributed by atoms with Crippen LogP contribution in [0.2, 0.25) is 0 Å². The molecule has 1 heteroatoms. The molecule has 0 amide bonds. The maximum Gasteiger partial charge on any atom is 2.00 e. The van der Waals surface area contributed by atoms with E-state index in [0.29, 0.717) is 0 Å². The summed E-state index contributed by atoms with van der Waals surface area (Å²) in [5.74, 6) is 0. The number of allylic oxidation sites excluding steroid dienone is 8. The molecule has 2 rings (SSSR count). The molecule has 0 fully saturated rings. The van der Waals surface area contributed by atoms with Gasteiger partial charge in [-0.25, -0.2) is 24.3 Å². The van der Waals surface area contributed by atoms with E-state index in [1.165, 1.54) is 11.1 Å². The number of hydrogen-bond donors (Lipinski definition) is 0. The van der Waals surface area contributed by atoms with Gasteiger partial charge in [0.2, 0.25) is 0 Å². The van der Waals surface area contributed by atoms with Gasteiger partial charge in [-0.1, -0.05) is 26.7 Å². The first-order chi connectivity index (χ1) is 5.79. The van der Waals surface area contributed by atoms with Crippen LogP contribution in [0.3, 0.4) is 0 Å².